The number of phenolic OH excluding ortho intramolecular Hbond substituents is 1. The van der Waals surface area contributed by atoms with Crippen molar-refractivity contribution in [1.29, 1.82) is 0 Å². The standard InChI is InChI=1S/C20H17F3N4O2/c21-20(22,23)11-1-2-14(16(28)7-11)17-13-3-6-24-9-15(13)18(27-26-17)25-12-8-19(4-5-19)29-10-12/h1-3,6-7,9,12,28H,4-5,8,10H2,(H,25,27)/t12-/m0/s1. The van der Waals surface area contributed by atoms with Crippen molar-refractivity contribution in [3.05, 3.63) is 42.2 Å². The molecule has 1 atom stereocenters. The van der Waals surface area contributed by atoms with E-state index in [1.807, 2.05) is 0 Å². The first-order chi connectivity index (χ1) is 13.8. The number of pyridine rings is 1. The smallest absolute Gasteiger partial charge is 0.416 e. The van der Waals surface area contributed by atoms with Crippen LogP contribution in [-0.2, 0) is 10.9 Å². The van der Waals surface area contributed by atoms with Crippen LogP contribution in [0.5, 0.6) is 5.75 Å². The molecule has 1 aromatic carbocycles. The molecule has 0 bridgehead atoms. The topological polar surface area (TPSA) is 80.2 Å². The molecule has 1 aliphatic carbocycles. The maximum absolute atomic E-state index is 12.9. The Bertz CT molecular complexity index is 1100. The van der Waals surface area contributed by atoms with Gasteiger partial charge >= 0.3 is 6.18 Å². The highest BCUT2D eigenvalue weighted by molar-refractivity contribution is 6.00. The van der Waals surface area contributed by atoms with Crippen LogP contribution in [0.3, 0.4) is 0 Å². The molecule has 2 aromatic heterocycles. The second kappa shape index (κ2) is 6.28. The van der Waals surface area contributed by atoms with Crippen molar-refractivity contribution in [1.82, 2.24) is 15.2 Å². The highest BCUT2D eigenvalue weighted by atomic mass is 19.4. The van der Waals surface area contributed by atoms with E-state index in [9.17, 15) is 18.3 Å². The van der Waals surface area contributed by atoms with Gasteiger partial charge < -0.3 is 15.2 Å². The molecule has 29 heavy (non-hydrogen) atoms. The third-order valence-corrected chi connectivity index (χ3v) is 5.52. The van der Waals surface area contributed by atoms with E-state index in [0.29, 0.717) is 35.0 Å². The Morgan fingerprint density at radius 3 is 2.66 bits per heavy atom. The molecule has 2 aliphatic rings. The Hall–Kier alpha value is -2.94. The van der Waals surface area contributed by atoms with Crippen LogP contribution < -0.4 is 5.32 Å². The van der Waals surface area contributed by atoms with Gasteiger partial charge in [-0.05, 0) is 43.5 Å². The van der Waals surface area contributed by atoms with Crippen LogP contribution in [0.25, 0.3) is 22.0 Å². The summed E-state index contributed by atoms with van der Waals surface area (Å²) in [5.74, 6) is 0.0300. The Morgan fingerprint density at radius 2 is 1.97 bits per heavy atom. The average Bonchev–Trinajstić information content (AvgIpc) is 3.33. The van der Waals surface area contributed by atoms with Gasteiger partial charge in [-0.25, -0.2) is 0 Å². The molecule has 1 aliphatic heterocycles. The van der Waals surface area contributed by atoms with Gasteiger partial charge in [0.2, 0.25) is 0 Å². The second-order valence-electron chi connectivity index (χ2n) is 7.59. The third kappa shape index (κ3) is 3.25. The minimum Gasteiger partial charge on any atom is -0.507 e. The monoisotopic (exact) mass is 402 g/mol. The number of alkyl halides is 3. The Labute approximate surface area is 163 Å². The average molecular weight is 402 g/mol. The summed E-state index contributed by atoms with van der Waals surface area (Å²) >= 11 is 0. The van der Waals surface area contributed by atoms with Crippen molar-refractivity contribution >= 4 is 16.6 Å². The Kier molecular flexibility index (Phi) is 3.92. The summed E-state index contributed by atoms with van der Waals surface area (Å²) in [6, 6.07) is 4.63. The minimum absolute atomic E-state index is 0.0190. The molecule has 150 valence electrons. The molecule has 2 N–H and O–H groups in total. The molecule has 1 saturated carbocycles. The minimum atomic E-state index is -4.54. The largest absolute Gasteiger partial charge is 0.507 e. The van der Waals surface area contributed by atoms with E-state index in [4.69, 9.17) is 4.74 Å². The molecule has 0 amide bonds. The SMILES string of the molecule is Oc1cc(C(F)(F)F)ccc1-c1nnc(N[C@@H]2COC3(CC3)C2)c2cnccc12. The molecule has 5 rings (SSSR count). The Morgan fingerprint density at radius 1 is 1.14 bits per heavy atom. The number of halogens is 3. The molecule has 3 heterocycles. The number of anilines is 1. The van der Waals surface area contributed by atoms with Crippen LogP contribution >= 0.6 is 0 Å². The number of phenols is 1. The van der Waals surface area contributed by atoms with E-state index >= 15 is 0 Å². The number of benzene rings is 1. The van der Waals surface area contributed by atoms with Crippen molar-refractivity contribution < 1.29 is 23.0 Å². The van der Waals surface area contributed by atoms with Crippen molar-refractivity contribution in [2.24, 2.45) is 0 Å². The van der Waals surface area contributed by atoms with Crippen LogP contribution in [0.15, 0.2) is 36.7 Å². The summed E-state index contributed by atoms with van der Waals surface area (Å²) in [4.78, 5) is 4.14. The fraction of sp³-hybridized carbons (Fsp3) is 0.350. The van der Waals surface area contributed by atoms with Crippen molar-refractivity contribution in [2.75, 3.05) is 11.9 Å². The number of hydrogen-bond acceptors (Lipinski definition) is 6. The van der Waals surface area contributed by atoms with Crippen LogP contribution in [0, 0.1) is 0 Å². The van der Waals surface area contributed by atoms with E-state index in [-0.39, 0.29) is 17.2 Å². The number of aromatic hydroxyl groups is 1. The molecular formula is C20H17F3N4O2. The van der Waals surface area contributed by atoms with Crippen LogP contribution in [0.2, 0.25) is 0 Å². The first-order valence-corrected chi connectivity index (χ1v) is 9.26. The maximum Gasteiger partial charge on any atom is 0.416 e. The summed E-state index contributed by atoms with van der Waals surface area (Å²) in [5.41, 5.74) is -0.438. The zero-order chi connectivity index (χ0) is 20.2. The normalized spacial score (nSPS) is 20.3. The molecule has 0 unspecified atom stereocenters. The number of fused-ring (bicyclic) bond motifs is 1. The van der Waals surface area contributed by atoms with Crippen LogP contribution in [0.4, 0.5) is 19.0 Å². The predicted octanol–water partition coefficient (Wildman–Crippen LogP) is 4.15. The van der Waals surface area contributed by atoms with E-state index in [0.717, 1.165) is 25.3 Å². The molecule has 6 nitrogen and oxygen atoms in total. The van der Waals surface area contributed by atoms with E-state index in [1.54, 1.807) is 18.5 Å². The van der Waals surface area contributed by atoms with Gasteiger partial charge in [-0.2, -0.15) is 13.2 Å². The lowest BCUT2D eigenvalue weighted by Crippen LogP contribution is -2.21. The summed E-state index contributed by atoms with van der Waals surface area (Å²) < 4.78 is 44.5. The van der Waals surface area contributed by atoms with Crippen molar-refractivity contribution in [2.45, 2.75) is 37.1 Å². The van der Waals surface area contributed by atoms with Crippen molar-refractivity contribution in [3.8, 4) is 17.0 Å². The second-order valence-corrected chi connectivity index (χ2v) is 7.59. The Balaban J connectivity index is 1.53. The highest BCUT2D eigenvalue weighted by Crippen LogP contribution is 2.48. The fourth-order valence-electron chi connectivity index (χ4n) is 3.83. The number of ether oxygens (including phenoxy) is 1. The lowest BCUT2D eigenvalue weighted by atomic mass is 10.0. The maximum atomic E-state index is 12.9. The number of hydrogen-bond donors (Lipinski definition) is 2. The van der Waals surface area contributed by atoms with Gasteiger partial charge in [0.05, 0.1) is 23.8 Å². The molecule has 2 fully saturated rings. The van der Waals surface area contributed by atoms with Gasteiger partial charge in [-0.3, -0.25) is 4.98 Å². The van der Waals surface area contributed by atoms with Crippen LogP contribution in [0.1, 0.15) is 24.8 Å². The first kappa shape index (κ1) is 18.1. The van der Waals surface area contributed by atoms with Gasteiger partial charge in [-0.1, -0.05) is 0 Å². The summed E-state index contributed by atoms with van der Waals surface area (Å²) in [7, 11) is 0. The summed E-state index contributed by atoms with van der Waals surface area (Å²) in [5, 5.41) is 23.3. The molecule has 1 saturated heterocycles. The molecule has 3 aromatic rings. The van der Waals surface area contributed by atoms with E-state index in [2.05, 4.69) is 20.5 Å². The van der Waals surface area contributed by atoms with E-state index in [1.165, 1.54) is 6.07 Å². The van der Waals surface area contributed by atoms with Gasteiger partial charge in [0.1, 0.15) is 11.4 Å². The molecular weight excluding hydrogens is 385 g/mol. The number of aromatic nitrogens is 3. The van der Waals surface area contributed by atoms with Gasteiger partial charge in [0.25, 0.3) is 0 Å². The van der Waals surface area contributed by atoms with Gasteiger partial charge in [0.15, 0.2) is 5.82 Å². The lowest BCUT2D eigenvalue weighted by molar-refractivity contribution is -0.137. The lowest BCUT2D eigenvalue weighted by Gasteiger charge is -2.15. The summed E-state index contributed by atoms with van der Waals surface area (Å²) in [6.07, 6.45) is 1.70. The zero-order valence-electron chi connectivity index (χ0n) is 15.2. The van der Waals surface area contributed by atoms with Gasteiger partial charge in [-0.15, -0.1) is 10.2 Å². The highest BCUT2D eigenvalue weighted by Gasteiger charge is 2.50. The van der Waals surface area contributed by atoms with Crippen LogP contribution in [-0.4, -0.2) is 38.5 Å². The molecule has 0 radical (unpaired) electrons. The number of nitrogens with one attached hydrogen (secondary N) is 1. The van der Waals surface area contributed by atoms with Crippen molar-refractivity contribution in [3.63, 3.8) is 0 Å². The first-order valence-electron chi connectivity index (χ1n) is 9.26. The quantitative estimate of drug-likeness (QED) is 0.685. The fourth-order valence-corrected chi connectivity index (χ4v) is 3.83. The number of nitrogens with zero attached hydrogens (tertiary/aromatic N) is 3. The molecule has 9 heteroatoms. The zero-order valence-corrected chi connectivity index (χ0v) is 15.2. The molecule has 1 spiro atoms. The van der Waals surface area contributed by atoms with E-state index < -0.39 is 17.5 Å². The number of rotatable bonds is 3. The van der Waals surface area contributed by atoms with Gasteiger partial charge in [0, 0.05) is 28.7 Å². The predicted molar refractivity (Wildman–Crippen MR) is 99.4 cm³/mol. The third-order valence-electron chi connectivity index (χ3n) is 5.52. The summed E-state index contributed by atoms with van der Waals surface area (Å²) in [6.45, 7) is 0.588.